The molecular formula is C20H24N2O6S. The summed E-state index contributed by atoms with van der Waals surface area (Å²) in [5.41, 5.74) is 1.07. The SMILES string of the molecule is CC(C)C(=O)c1ccc(S(=O)(=O)N2CCN(Cc3ccoc3C(=O)O)CC2)cc1. The number of carboxylic acids is 1. The molecule has 0 aliphatic carbocycles. The second kappa shape index (κ2) is 8.48. The number of nitrogens with zero attached hydrogens (tertiary/aromatic N) is 2. The van der Waals surface area contributed by atoms with Crippen LogP contribution in [0.15, 0.2) is 45.9 Å². The van der Waals surface area contributed by atoms with Crippen LogP contribution in [0.4, 0.5) is 0 Å². The number of rotatable bonds is 7. The number of piperazine rings is 1. The van der Waals surface area contributed by atoms with Gasteiger partial charge >= 0.3 is 5.97 Å². The summed E-state index contributed by atoms with van der Waals surface area (Å²) in [4.78, 5) is 25.3. The molecule has 2 aromatic rings. The lowest BCUT2D eigenvalue weighted by Crippen LogP contribution is -2.48. The quantitative estimate of drug-likeness (QED) is 0.685. The first-order chi connectivity index (χ1) is 13.7. The Labute approximate surface area is 169 Å². The van der Waals surface area contributed by atoms with Gasteiger partial charge in [-0.2, -0.15) is 4.31 Å². The molecule has 2 heterocycles. The number of carboxylic acid groups (broad SMARTS) is 1. The van der Waals surface area contributed by atoms with Gasteiger partial charge in [0.1, 0.15) is 0 Å². The highest BCUT2D eigenvalue weighted by Crippen LogP contribution is 2.21. The van der Waals surface area contributed by atoms with Gasteiger partial charge in [-0.15, -0.1) is 0 Å². The van der Waals surface area contributed by atoms with Crippen LogP contribution < -0.4 is 0 Å². The van der Waals surface area contributed by atoms with E-state index in [-0.39, 0.29) is 22.4 Å². The van der Waals surface area contributed by atoms with Gasteiger partial charge in [-0.25, -0.2) is 13.2 Å². The number of carbonyl (C=O) groups is 2. The predicted molar refractivity (Wildman–Crippen MR) is 105 cm³/mol. The molecule has 0 bridgehead atoms. The highest BCUT2D eigenvalue weighted by molar-refractivity contribution is 7.89. The maximum absolute atomic E-state index is 12.9. The lowest BCUT2D eigenvalue weighted by atomic mass is 10.0. The summed E-state index contributed by atoms with van der Waals surface area (Å²) in [6.07, 6.45) is 1.34. The zero-order valence-electron chi connectivity index (χ0n) is 16.4. The van der Waals surface area contributed by atoms with Gasteiger partial charge in [-0.05, 0) is 18.2 Å². The van der Waals surface area contributed by atoms with Crippen molar-refractivity contribution in [1.29, 1.82) is 0 Å². The van der Waals surface area contributed by atoms with E-state index < -0.39 is 16.0 Å². The van der Waals surface area contributed by atoms with Crippen LogP contribution in [0.5, 0.6) is 0 Å². The van der Waals surface area contributed by atoms with Crippen molar-refractivity contribution in [2.24, 2.45) is 5.92 Å². The summed E-state index contributed by atoms with van der Waals surface area (Å²) in [5.74, 6) is -1.38. The van der Waals surface area contributed by atoms with Gasteiger partial charge in [-0.3, -0.25) is 9.69 Å². The Morgan fingerprint density at radius 1 is 1.07 bits per heavy atom. The topological polar surface area (TPSA) is 108 Å². The van der Waals surface area contributed by atoms with E-state index >= 15 is 0 Å². The Morgan fingerprint density at radius 2 is 1.69 bits per heavy atom. The molecule has 0 spiro atoms. The van der Waals surface area contributed by atoms with E-state index in [2.05, 4.69) is 0 Å². The molecular weight excluding hydrogens is 396 g/mol. The van der Waals surface area contributed by atoms with Gasteiger partial charge in [-0.1, -0.05) is 26.0 Å². The van der Waals surface area contributed by atoms with Gasteiger partial charge in [0, 0.05) is 49.8 Å². The van der Waals surface area contributed by atoms with Crippen LogP contribution >= 0.6 is 0 Å². The number of hydrogen-bond acceptors (Lipinski definition) is 6. The van der Waals surface area contributed by atoms with Gasteiger partial charge in [0.2, 0.25) is 15.8 Å². The minimum absolute atomic E-state index is 0.0254. The van der Waals surface area contributed by atoms with Crippen molar-refractivity contribution in [2.45, 2.75) is 25.3 Å². The molecule has 1 N–H and O–H groups in total. The van der Waals surface area contributed by atoms with E-state index in [0.29, 0.717) is 43.9 Å². The van der Waals surface area contributed by atoms with Crippen molar-refractivity contribution >= 4 is 21.8 Å². The first kappa shape index (κ1) is 21.2. The summed E-state index contributed by atoms with van der Waals surface area (Å²) >= 11 is 0. The van der Waals surface area contributed by atoms with E-state index in [1.165, 1.54) is 22.7 Å². The molecule has 1 aliphatic heterocycles. The second-order valence-corrected chi connectivity index (χ2v) is 9.24. The Balaban J connectivity index is 1.64. The van der Waals surface area contributed by atoms with E-state index in [0.717, 1.165) is 0 Å². The number of benzene rings is 1. The van der Waals surface area contributed by atoms with Crippen molar-refractivity contribution in [3.8, 4) is 0 Å². The standard InChI is InChI=1S/C20H24N2O6S/c1-14(2)18(23)15-3-5-17(6-4-15)29(26,27)22-10-8-21(9-11-22)13-16-7-12-28-19(16)20(24)25/h3-7,12,14H,8-11,13H2,1-2H3,(H,24,25). The average Bonchev–Trinajstić information content (AvgIpc) is 3.16. The largest absolute Gasteiger partial charge is 0.475 e. The molecule has 1 fully saturated rings. The number of aromatic carboxylic acids is 1. The fraction of sp³-hybridized carbons (Fsp3) is 0.400. The summed E-state index contributed by atoms with van der Waals surface area (Å²) in [5, 5.41) is 9.12. The monoisotopic (exact) mass is 420 g/mol. The fourth-order valence-electron chi connectivity index (χ4n) is 3.29. The number of furan rings is 1. The normalized spacial score (nSPS) is 16.2. The van der Waals surface area contributed by atoms with Crippen LogP contribution in [0.2, 0.25) is 0 Å². The van der Waals surface area contributed by atoms with E-state index in [9.17, 15) is 18.0 Å². The summed E-state index contributed by atoms with van der Waals surface area (Å²) in [6.45, 7) is 5.55. The summed E-state index contributed by atoms with van der Waals surface area (Å²) in [7, 11) is -3.65. The van der Waals surface area contributed by atoms with Crippen LogP contribution in [0, 0.1) is 5.92 Å². The Hall–Kier alpha value is -2.49. The molecule has 29 heavy (non-hydrogen) atoms. The molecule has 1 aromatic carbocycles. The number of carbonyl (C=O) groups excluding carboxylic acids is 1. The zero-order valence-corrected chi connectivity index (χ0v) is 17.2. The fourth-order valence-corrected chi connectivity index (χ4v) is 4.71. The highest BCUT2D eigenvalue weighted by Gasteiger charge is 2.29. The Morgan fingerprint density at radius 3 is 2.24 bits per heavy atom. The number of ketones is 1. The molecule has 1 aliphatic rings. The first-order valence-electron chi connectivity index (χ1n) is 9.36. The third-order valence-corrected chi connectivity index (χ3v) is 6.88. The molecule has 1 saturated heterocycles. The van der Waals surface area contributed by atoms with Crippen molar-refractivity contribution in [1.82, 2.24) is 9.21 Å². The van der Waals surface area contributed by atoms with E-state index in [4.69, 9.17) is 9.52 Å². The van der Waals surface area contributed by atoms with Gasteiger partial charge in [0.25, 0.3) is 0 Å². The maximum Gasteiger partial charge on any atom is 0.372 e. The Bertz CT molecular complexity index is 986. The maximum atomic E-state index is 12.9. The van der Waals surface area contributed by atoms with Crippen LogP contribution in [0.25, 0.3) is 0 Å². The molecule has 156 valence electrons. The number of Topliss-reactive ketones (excluding diaryl/α,β-unsaturated/α-hetero) is 1. The minimum Gasteiger partial charge on any atom is -0.475 e. The van der Waals surface area contributed by atoms with Crippen molar-refractivity contribution < 1.29 is 27.5 Å². The lowest BCUT2D eigenvalue weighted by molar-refractivity contribution is 0.0658. The highest BCUT2D eigenvalue weighted by atomic mass is 32.2. The van der Waals surface area contributed by atoms with Crippen LogP contribution in [0.3, 0.4) is 0 Å². The number of sulfonamides is 1. The van der Waals surface area contributed by atoms with Gasteiger partial charge < -0.3 is 9.52 Å². The minimum atomic E-state index is -3.65. The van der Waals surface area contributed by atoms with Crippen LogP contribution in [-0.2, 0) is 16.6 Å². The summed E-state index contributed by atoms with van der Waals surface area (Å²) in [6, 6.07) is 7.67. The third-order valence-electron chi connectivity index (χ3n) is 4.97. The van der Waals surface area contributed by atoms with Crippen molar-refractivity contribution in [3.63, 3.8) is 0 Å². The van der Waals surface area contributed by atoms with E-state index in [1.54, 1.807) is 32.0 Å². The Kier molecular flexibility index (Phi) is 6.21. The molecule has 1 aromatic heterocycles. The first-order valence-corrected chi connectivity index (χ1v) is 10.8. The predicted octanol–water partition coefficient (Wildman–Crippen LogP) is 2.32. The smallest absolute Gasteiger partial charge is 0.372 e. The van der Waals surface area contributed by atoms with Gasteiger partial charge in [0.05, 0.1) is 11.2 Å². The molecule has 9 heteroatoms. The lowest BCUT2D eigenvalue weighted by Gasteiger charge is -2.33. The summed E-state index contributed by atoms with van der Waals surface area (Å²) < 4.78 is 32.2. The van der Waals surface area contributed by atoms with Crippen molar-refractivity contribution in [2.75, 3.05) is 26.2 Å². The average molecular weight is 420 g/mol. The molecule has 0 saturated carbocycles. The molecule has 0 atom stereocenters. The molecule has 0 radical (unpaired) electrons. The van der Waals surface area contributed by atoms with E-state index in [1.807, 2.05) is 4.90 Å². The second-order valence-electron chi connectivity index (χ2n) is 7.30. The van der Waals surface area contributed by atoms with Crippen LogP contribution in [-0.4, -0.2) is 60.7 Å². The molecule has 8 nitrogen and oxygen atoms in total. The molecule has 0 unspecified atom stereocenters. The number of hydrogen-bond donors (Lipinski definition) is 1. The van der Waals surface area contributed by atoms with Crippen LogP contribution in [0.1, 0.15) is 40.3 Å². The third kappa shape index (κ3) is 4.58. The zero-order chi connectivity index (χ0) is 21.2. The molecule has 3 rings (SSSR count). The molecule has 0 amide bonds. The van der Waals surface area contributed by atoms with Crippen molar-refractivity contribution in [3.05, 3.63) is 53.5 Å². The van der Waals surface area contributed by atoms with Gasteiger partial charge in [0.15, 0.2) is 5.78 Å².